The molecular weight excluding hydrogens is 268 g/mol. The molecule has 4 aliphatic carbocycles. The highest BCUT2D eigenvalue weighted by Crippen LogP contribution is 2.66. The number of hydrogen-bond acceptors (Lipinski definition) is 1. The fourth-order valence-electron chi connectivity index (χ4n) is 7.09. The highest BCUT2D eigenvalue weighted by atomic mass is 16.3. The molecule has 4 aliphatic rings. The second kappa shape index (κ2) is 4.97. The van der Waals surface area contributed by atoms with Crippen LogP contribution in [0.1, 0.15) is 65.7 Å². The van der Waals surface area contributed by atoms with Crippen LogP contribution in [0.15, 0.2) is 23.8 Å². The Hall–Kier alpha value is -0.560. The quantitative estimate of drug-likeness (QED) is 0.667. The first kappa shape index (κ1) is 15.0. The normalized spacial score (nSPS) is 53.5. The van der Waals surface area contributed by atoms with Crippen molar-refractivity contribution in [3.63, 3.8) is 0 Å². The third-order valence-corrected chi connectivity index (χ3v) is 8.32. The van der Waals surface area contributed by atoms with Gasteiger partial charge in [0.1, 0.15) is 0 Å². The molecule has 22 heavy (non-hydrogen) atoms. The van der Waals surface area contributed by atoms with E-state index in [9.17, 15) is 5.11 Å². The van der Waals surface area contributed by atoms with Crippen LogP contribution < -0.4 is 0 Å². The predicted molar refractivity (Wildman–Crippen MR) is 91.4 cm³/mol. The summed E-state index contributed by atoms with van der Waals surface area (Å²) < 4.78 is 0. The van der Waals surface area contributed by atoms with Gasteiger partial charge in [-0.2, -0.15) is 0 Å². The summed E-state index contributed by atoms with van der Waals surface area (Å²) in [4.78, 5) is 0. The van der Waals surface area contributed by atoms with E-state index in [0.29, 0.717) is 17.3 Å². The molecule has 1 N–H and O–H groups in total. The third kappa shape index (κ3) is 1.81. The van der Waals surface area contributed by atoms with Crippen molar-refractivity contribution in [1.82, 2.24) is 0 Å². The zero-order valence-corrected chi connectivity index (χ0v) is 14.5. The minimum absolute atomic E-state index is 0.101. The SMILES string of the molecule is CC[C@H]1CC[C@H]2[C@@H]3[C@@H](O)CC4=CCC=C[C@]4(C)[C@H]3CC[C@]12C. The van der Waals surface area contributed by atoms with Crippen LogP contribution in [-0.2, 0) is 0 Å². The van der Waals surface area contributed by atoms with Crippen LogP contribution in [0.25, 0.3) is 0 Å². The first-order valence-corrected chi connectivity index (χ1v) is 9.56. The van der Waals surface area contributed by atoms with Crippen LogP contribution in [0, 0.1) is 34.5 Å². The molecule has 1 heteroatoms. The zero-order chi connectivity index (χ0) is 15.5. The van der Waals surface area contributed by atoms with Crippen molar-refractivity contribution in [3.8, 4) is 0 Å². The minimum atomic E-state index is -0.101. The number of aliphatic hydroxyl groups excluding tert-OH is 1. The molecule has 0 amide bonds. The molecule has 0 radical (unpaired) electrons. The largest absolute Gasteiger partial charge is 0.392 e. The van der Waals surface area contributed by atoms with E-state index in [1.54, 1.807) is 0 Å². The monoisotopic (exact) mass is 300 g/mol. The average molecular weight is 300 g/mol. The lowest BCUT2D eigenvalue weighted by Gasteiger charge is -2.58. The van der Waals surface area contributed by atoms with Gasteiger partial charge < -0.3 is 5.11 Å². The van der Waals surface area contributed by atoms with Gasteiger partial charge in [-0.05, 0) is 67.6 Å². The van der Waals surface area contributed by atoms with Gasteiger partial charge in [0.25, 0.3) is 0 Å². The summed E-state index contributed by atoms with van der Waals surface area (Å²) in [6.07, 6.45) is 15.9. The Labute approximate surface area is 135 Å². The van der Waals surface area contributed by atoms with Gasteiger partial charge in [0.05, 0.1) is 6.10 Å². The van der Waals surface area contributed by atoms with Crippen LogP contribution in [0.4, 0.5) is 0 Å². The number of rotatable bonds is 1. The second-order valence-electron chi connectivity index (χ2n) is 8.94. The molecule has 3 fully saturated rings. The fraction of sp³-hybridized carbons (Fsp3) is 0.810. The van der Waals surface area contributed by atoms with Gasteiger partial charge in [-0.3, -0.25) is 0 Å². The molecule has 0 aromatic heterocycles. The van der Waals surface area contributed by atoms with E-state index in [2.05, 4.69) is 39.0 Å². The fourth-order valence-corrected chi connectivity index (χ4v) is 7.09. The van der Waals surface area contributed by atoms with Crippen molar-refractivity contribution < 1.29 is 5.11 Å². The van der Waals surface area contributed by atoms with Crippen LogP contribution in [0.5, 0.6) is 0 Å². The predicted octanol–water partition coefficient (Wildman–Crippen LogP) is 5.11. The summed E-state index contributed by atoms with van der Waals surface area (Å²) in [5, 5.41) is 11.0. The van der Waals surface area contributed by atoms with Crippen molar-refractivity contribution in [2.75, 3.05) is 0 Å². The molecule has 0 aromatic rings. The molecule has 3 saturated carbocycles. The lowest BCUT2D eigenvalue weighted by molar-refractivity contribution is -0.0951. The molecule has 0 bridgehead atoms. The van der Waals surface area contributed by atoms with Crippen molar-refractivity contribution in [2.45, 2.75) is 71.8 Å². The third-order valence-electron chi connectivity index (χ3n) is 8.32. The summed E-state index contributed by atoms with van der Waals surface area (Å²) in [5.41, 5.74) is 2.25. The van der Waals surface area contributed by atoms with Gasteiger partial charge in [0, 0.05) is 5.41 Å². The zero-order valence-electron chi connectivity index (χ0n) is 14.5. The molecule has 122 valence electrons. The topological polar surface area (TPSA) is 20.2 Å². The maximum Gasteiger partial charge on any atom is 0.0611 e. The Balaban J connectivity index is 1.72. The molecule has 4 rings (SSSR count). The van der Waals surface area contributed by atoms with E-state index in [-0.39, 0.29) is 11.5 Å². The van der Waals surface area contributed by atoms with Crippen molar-refractivity contribution in [2.24, 2.45) is 34.5 Å². The first-order valence-electron chi connectivity index (χ1n) is 9.56. The van der Waals surface area contributed by atoms with Crippen molar-refractivity contribution >= 4 is 0 Å². The number of allylic oxidation sites excluding steroid dienone is 3. The number of aliphatic hydroxyl groups is 1. The van der Waals surface area contributed by atoms with E-state index in [4.69, 9.17) is 0 Å². The Morgan fingerprint density at radius 1 is 1.18 bits per heavy atom. The molecule has 0 saturated heterocycles. The molecule has 0 aromatic carbocycles. The van der Waals surface area contributed by atoms with E-state index >= 15 is 0 Å². The maximum absolute atomic E-state index is 11.0. The average Bonchev–Trinajstić information content (AvgIpc) is 2.84. The number of hydrogen-bond donors (Lipinski definition) is 1. The Morgan fingerprint density at radius 3 is 2.77 bits per heavy atom. The Morgan fingerprint density at radius 2 is 2.00 bits per heavy atom. The van der Waals surface area contributed by atoms with E-state index in [1.807, 2.05) is 0 Å². The van der Waals surface area contributed by atoms with E-state index in [1.165, 1.54) is 37.7 Å². The Kier molecular flexibility index (Phi) is 3.39. The highest BCUT2D eigenvalue weighted by molar-refractivity contribution is 5.32. The molecule has 1 nitrogen and oxygen atoms in total. The van der Waals surface area contributed by atoms with Gasteiger partial charge in [0.15, 0.2) is 0 Å². The van der Waals surface area contributed by atoms with Gasteiger partial charge in [0.2, 0.25) is 0 Å². The van der Waals surface area contributed by atoms with Crippen LogP contribution in [0.3, 0.4) is 0 Å². The molecule has 0 heterocycles. The van der Waals surface area contributed by atoms with Gasteiger partial charge in [-0.15, -0.1) is 0 Å². The molecule has 7 atom stereocenters. The summed E-state index contributed by atoms with van der Waals surface area (Å²) in [7, 11) is 0. The van der Waals surface area contributed by atoms with E-state index < -0.39 is 0 Å². The van der Waals surface area contributed by atoms with Crippen LogP contribution in [-0.4, -0.2) is 11.2 Å². The van der Waals surface area contributed by atoms with E-state index in [0.717, 1.165) is 24.7 Å². The van der Waals surface area contributed by atoms with Crippen LogP contribution >= 0.6 is 0 Å². The summed E-state index contributed by atoms with van der Waals surface area (Å²) >= 11 is 0. The smallest absolute Gasteiger partial charge is 0.0611 e. The lowest BCUT2D eigenvalue weighted by atomic mass is 9.47. The molecular formula is C21H32O. The number of fused-ring (bicyclic) bond motifs is 5. The summed E-state index contributed by atoms with van der Waals surface area (Å²) in [6.45, 7) is 7.37. The van der Waals surface area contributed by atoms with Gasteiger partial charge in [-0.1, -0.05) is 51.0 Å². The van der Waals surface area contributed by atoms with Gasteiger partial charge in [-0.25, -0.2) is 0 Å². The summed E-state index contributed by atoms with van der Waals surface area (Å²) in [5.74, 6) is 2.82. The summed E-state index contributed by atoms with van der Waals surface area (Å²) in [6, 6.07) is 0. The minimum Gasteiger partial charge on any atom is -0.392 e. The first-order chi connectivity index (χ1) is 10.5. The maximum atomic E-state index is 11.0. The lowest BCUT2D eigenvalue weighted by Crippen LogP contribution is -2.54. The van der Waals surface area contributed by atoms with Gasteiger partial charge >= 0.3 is 0 Å². The second-order valence-corrected chi connectivity index (χ2v) is 8.94. The Bertz CT molecular complexity index is 518. The van der Waals surface area contributed by atoms with Crippen LogP contribution in [0.2, 0.25) is 0 Å². The molecule has 0 spiro atoms. The highest BCUT2D eigenvalue weighted by Gasteiger charge is 2.60. The standard InChI is InChI=1S/C21H32O/c1-4-14-8-9-16-19-17(10-12-21(14,16)3)20(2)11-6-5-7-15(20)13-18(19)22/h6-7,11,14,16-19,22H,4-5,8-10,12-13H2,1-3H3/t14-,16-,17-,18-,19-,20-,21+/m0/s1. The molecule has 0 aliphatic heterocycles. The molecule has 0 unspecified atom stereocenters. The van der Waals surface area contributed by atoms with Crippen molar-refractivity contribution in [1.29, 1.82) is 0 Å². The van der Waals surface area contributed by atoms with Crippen molar-refractivity contribution in [3.05, 3.63) is 23.8 Å².